The molecule has 2 saturated carbocycles. The molecule has 12 atom stereocenters. The van der Waals surface area contributed by atoms with Crippen LogP contribution in [0.25, 0.3) is 0 Å². The minimum atomic E-state index is -1.83. The lowest BCUT2D eigenvalue weighted by atomic mass is 9.60. The van der Waals surface area contributed by atoms with Gasteiger partial charge < -0.3 is 0 Å². The molecule has 160 valence electrons. The Morgan fingerprint density at radius 1 is 0.500 bits per heavy atom. The summed E-state index contributed by atoms with van der Waals surface area (Å²) in [5, 5.41) is -8.09. The highest BCUT2D eigenvalue weighted by atomic mass is 35.5. The Kier molecular flexibility index (Phi) is 7.60. The number of halogens is 12. The minimum Gasteiger partial charge on any atom is -0.120 e. The van der Waals surface area contributed by atoms with E-state index in [0.29, 0.717) is 0 Å². The van der Waals surface area contributed by atoms with Crippen LogP contribution in [0, 0.1) is 0 Å². The van der Waals surface area contributed by atoms with Crippen molar-refractivity contribution < 1.29 is 0 Å². The highest BCUT2D eigenvalue weighted by Gasteiger charge is 2.80. The van der Waals surface area contributed by atoms with Crippen LogP contribution in [0.2, 0.25) is 0 Å². The second-order valence-corrected chi connectivity index (χ2v) is 13.4. The van der Waals surface area contributed by atoms with Crippen LogP contribution in [0.15, 0.2) is 24.3 Å². The smallest absolute Gasteiger partial charge is 0.109 e. The zero-order chi connectivity index (χ0) is 21.4. The van der Waals surface area contributed by atoms with E-state index in [9.17, 15) is 0 Å². The van der Waals surface area contributed by atoms with Crippen molar-refractivity contribution in [2.24, 2.45) is 0 Å². The summed E-state index contributed by atoms with van der Waals surface area (Å²) in [6.07, 6.45) is 6.45. The van der Waals surface area contributed by atoms with Gasteiger partial charge in [0.2, 0.25) is 0 Å². The molecular weight excluding hydrogens is 618 g/mol. The predicted octanol–water partition coefficient (Wildman–Crippen LogP) is 7.91. The van der Waals surface area contributed by atoms with E-state index in [1.807, 2.05) is 0 Å². The van der Waals surface area contributed by atoms with Gasteiger partial charge in [0, 0.05) is 0 Å². The predicted molar refractivity (Wildman–Crippen MR) is 130 cm³/mol. The zero-order valence-electron chi connectivity index (χ0n) is 13.5. The Morgan fingerprint density at radius 3 is 1.39 bits per heavy atom. The minimum absolute atomic E-state index is 0.895. The molecule has 12 unspecified atom stereocenters. The molecule has 0 aromatic heterocycles. The Bertz CT molecular complexity index is 699. The number of fused-ring (bicyclic) bond motifs is 3. The molecule has 12 heteroatoms. The SMILES string of the molecule is ClC1C(Cl)C(Cl)C2(Cl)C(Cl)C(Cl)C(Cl)C(Cl)C2(Cl)C2(Cl)C=CC=CC2(Cl)C1Cl. The van der Waals surface area contributed by atoms with E-state index in [1.54, 1.807) is 24.3 Å². The van der Waals surface area contributed by atoms with Crippen LogP contribution < -0.4 is 0 Å². The van der Waals surface area contributed by atoms with E-state index in [4.69, 9.17) is 139 Å². The molecule has 0 heterocycles. The van der Waals surface area contributed by atoms with E-state index < -0.39 is 62.5 Å². The van der Waals surface area contributed by atoms with Gasteiger partial charge in [-0.25, -0.2) is 0 Å². The number of hydrogen-bond donors (Lipinski definition) is 0. The van der Waals surface area contributed by atoms with Crippen LogP contribution in [-0.4, -0.2) is 62.5 Å². The van der Waals surface area contributed by atoms with Gasteiger partial charge in [0.25, 0.3) is 0 Å². The lowest BCUT2D eigenvalue weighted by Gasteiger charge is -2.66. The van der Waals surface area contributed by atoms with Gasteiger partial charge in [-0.15, -0.1) is 139 Å². The van der Waals surface area contributed by atoms with Crippen molar-refractivity contribution in [1.82, 2.24) is 0 Å². The molecule has 28 heavy (non-hydrogen) atoms. The van der Waals surface area contributed by atoms with Gasteiger partial charge in [0.15, 0.2) is 0 Å². The molecule has 0 nitrogen and oxygen atoms in total. The zero-order valence-corrected chi connectivity index (χ0v) is 22.5. The highest BCUT2D eigenvalue weighted by Crippen LogP contribution is 2.68. The number of hydrogen-bond acceptors (Lipinski definition) is 0. The van der Waals surface area contributed by atoms with Crippen molar-refractivity contribution >= 4 is 139 Å². The van der Waals surface area contributed by atoms with Gasteiger partial charge in [-0.2, -0.15) is 0 Å². The molecule has 0 aromatic rings. The maximum Gasteiger partial charge on any atom is 0.109 e. The maximum absolute atomic E-state index is 7.24. The summed E-state index contributed by atoms with van der Waals surface area (Å²) in [5.41, 5.74) is 0. The second kappa shape index (κ2) is 8.32. The van der Waals surface area contributed by atoms with Gasteiger partial charge in [-0.05, 0) is 0 Å². The first-order valence-electron chi connectivity index (χ1n) is 7.98. The summed E-state index contributed by atoms with van der Waals surface area (Å²) < 4.78 is 0. The van der Waals surface area contributed by atoms with E-state index in [0.717, 1.165) is 0 Å². The highest BCUT2D eigenvalue weighted by molar-refractivity contribution is 6.56. The lowest BCUT2D eigenvalue weighted by Crippen LogP contribution is -2.83. The fourth-order valence-electron chi connectivity index (χ4n) is 4.13. The van der Waals surface area contributed by atoms with Gasteiger partial charge in [0.05, 0.1) is 43.0 Å². The molecule has 3 aliphatic rings. The number of rotatable bonds is 0. The van der Waals surface area contributed by atoms with Crippen LogP contribution >= 0.6 is 139 Å². The Balaban J connectivity index is 2.41. The number of allylic oxidation sites excluding steroid dienone is 4. The first-order valence-corrected chi connectivity index (χ1v) is 13.0. The monoisotopic (exact) mass is 624 g/mol. The van der Waals surface area contributed by atoms with Crippen LogP contribution in [-0.2, 0) is 0 Å². The molecule has 3 aliphatic carbocycles. The van der Waals surface area contributed by atoms with Crippen LogP contribution in [0.1, 0.15) is 0 Å². The third kappa shape index (κ3) is 2.99. The standard InChI is InChI=1S/C16H12Cl12/c17-5-6(18)10(22)15(27)11(23)7(19)8(20)12(24)16(15,28)14(26)4-2-1-3-13(14,25)9(5)21/h1-12H. The lowest BCUT2D eigenvalue weighted by molar-refractivity contribution is 0.221. The molecule has 0 amide bonds. The normalized spacial score (nSPS) is 61.9. The van der Waals surface area contributed by atoms with Crippen molar-refractivity contribution in [3.63, 3.8) is 0 Å². The van der Waals surface area contributed by atoms with Gasteiger partial charge >= 0.3 is 0 Å². The van der Waals surface area contributed by atoms with Crippen LogP contribution in [0.4, 0.5) is 0 Å². The Labute approximate surface area is 223 Å². The first kappa shape index (κ1) is 25.6. The molecule has 0 bridgehead atoms. The summed E-state index contributed by atoms with van der Waals surface area (Å²) in [6.45, 7) is 0. The average molecular weight is 630 g/mol. The topological polar surface area (TPSA) is 0 Å². The third-order valence-corrected chi connectivity index (χ3v) is 14.8. The molecule has 0 spiro atoms. The second-order valence-electron chi connectivity index (χ2n) is 7.06. The Hall–Kier alpha value is 2.96. The molecule has 2 fully saturated rings. The van der Waals surface area contributed by atoms with Gasteiger partial charge in [-0.3, -0.25) is 0 Å². The molecule has 0 aliphatic heterocycles. The molecular formula is C16H12Cl12. The van der Waals surface area contributed by atoms with Crippen LogP contribution in [0.5, 0.6) is 0 Å². The van der Waals surface area contributed by atoms with E-state index in [2.05, 4.69) is 0 Å². The quantitative estimate of drug-likeness (QED) is 0.239. The third-order valence-electron chi connectivity index (χ3n) is 5.73. The Morgan fingerprint density at radius 2 is 0.893 bits per heavy atom. The van der Waals surface area contributed by atoms with Crippen molar-refractivity contribution in [2.45, 2.75) is 62.5 Å². The molecule has 0 N–H and O–H groups in total. The van der Waals surface area contributed by atoms with Gasteiger partial charge in [-0.1, -0.05) is 24.3 Å². The summed E-state index contributed by atoms with van der Waals surface area (Å²) in [6, 6.07) is 0. The summed E-state index contributed by atoms with van der Waals surface area (Å²) in [4.78, 5) is -6.85. The molecule has 0 aromatic carbocycles. The van der Waals surface area contributed by atoms with Crippen molar-refractivity contribution in [2.75, 3.05) is 0 Å². The fraction of sp³-hybridized carbons (Fsp3) is 0.750. The van der Waals surface area contributed by atoms with Crippen molar-refractivity contribution in [1.29, 1.82) is 0 Å². The van der Waals surface area contributed by atoms with Crippen molar-refractivity contribution in [3.8, 4) is 0 Å². The van der Waals surface area contributed by atoms with Crippen LogP contribution in [0.3, 0.4) is 0 Å². The molecule has 0 saturated heterocycles. The maximum atomic E-state index is 7.24. The van der Waals surface area contributed by atoms with Gasteiger partial charge in [0.1, 0.15) is 19.5 Å². The fourth-order valence-corrected chi connectivity index (χ4v) is 10.4. The average Bonchev–Trinajstić information content (AvgIpc) is 2.68. The first-order chi connectivity index (χ1) is 12.7. The largest absolute Gasteiger partial charge is 0.120 e. The van der Waals surface area contributed by atoms with E-state index in [1.165, 1.54) is 0 Å². The van der Waals surface area contributed by atoms with Crippen molar-refractivity contribution in [3.05, 3.63) is 24.3 Å². The molecule has 0 radical (unpaired) electrons. The number of alkyl halides is 12. The summed E-state index contributed by atoms with van der Waals surface area (Å²) in [7, 11) is 0. The summed E-state index contributed by atoms with van der Waals surface area (Å²) >= 11 is 81.5. The summed E-state index contributed by atoms with van der Waals surface area (Å²) in [5.74, 6) is 0. The van der Waals surface area contributed by atoms with E-state index >= 15 is 0 Å². The van der Waals surface area contributed by atoms with E-state index in [-0.39, 0.29) is 0 Å². The molecule has 3 rings (SSSR count).